The fourth-order valence-corrected chi connectivity index (χ4v) is 1.27. The maximum absolute atomic E-state index is 10.8. The van der Waals surface area contributed by atoms with Crippen molar-refractivity contribution in [2.75, 3.05) is 13.2 Å². The van der Waals surface area contributed by atoms with E-state index in [2.05, 4.69) is 5.32 Å². The van der Waals surface area contributed by atoms with Gasteiger partial charge in [0.25, 0.3) is 0 Å². The molecule has 0 aromatic carbocycles. The highest BCUT2D eigenvalue weighted by Crippen LogP contribution is 2.30. The number of nitrogens with one attached hydrogen (secondary N) is 1. The highest BCUT2D eigenvalue weighted by atomic mass is 16.3. The lowest BCUT2D eigenvalue weighted by molar-refractivity contribution is -0.123. The van der Waals surface area contributed by atoms with E-state index in [0.29, 0.717) is 0 Å². The zero-order valence-corrected chi connectivity index (χ0v) is 6.47. The van der Waals surface area contributed by atoms with Crippen molar-refractivity contribution in [3.8, 4) is 0 Å². The van der Waals surface area contributed by atoms with Crippen LogP contribution in [0.1, 0.15) is 19.3 Å². The van der Waals surface area contributed by atoms with Crippen LogP contribution in [0.15, 0.2) is 0 Å². The van der Waals surface area contributed by atoms with Gasteiger partial charge in [0.15, 0.2) is 0 Å². The molecule has 0 aromatic heterocycles. The number of carbonyl (C=O) groups is 1. The molecule has 11 heavy (non-hydrogen) atoms. The molecule has 0 spiro atoms. The summed E-state index contributed by atoms with van der Waals surface area (Å²) < 4.78 is 0. The Morgan fingerprint density at radius 3 is 2.55 bits per heavy atom. The number of nitrogens with two attached hydrogens (primary N) is 1. The first kappa shape index (κ1) is 8.49. The number of carbonyl (C=O) groups excluding carboxylic acids is 1. The first-order valence-electron chi connectivity index (χ1n) is 3.84. The molecule has 4 heteroatoms. The van der Waals surface area contributed by atoms with Crippen molar-refractivity contribution in [2.45, 2.75) is 24.8 Å². The van der Waals surface area contributed by atoms with Crippen LogP contribution in [-0.4, -0.2) is 29.7 Å². The molecule has 0 bridgehead atoms. The second kappa shape index (κ2) is 3.19. The SMILES string of the molecule is NCC(=O)NC1(CO)CCC1. The lowest BCUT2D eigenvalue weighted by Gasteiger charge is -2.40. The summed E-state index contributed by atoms with van der Waals surface area (Å²) in [6.07, 6.45) is 2.82. The van der Waals surface area contributed by atoms with E-state index in [9.17, 15) is 4.79 Å². The molecule has 64 valence electrons. The molecule has 1 aliphatic rings. The van der Waals surface area contributed by atoms with Crippen LogP contribution in [0.4, 0.5) is 0 Å². The molecule has 1 rings (SSSR count). The van der Waals surface area contributed by atoms with Gasteiger partial charge in [-0.25, -0.2) is 0 Å². The molecule has 0 saturated heterocycles. The third kappa shape index (κ3) is 1.70. The molecule has 1 saturated carbocycles. The van der Waals surface area contributed by atoms with Crippen LogP contribution in [0.2, 0.25) is 0 Å². The Balaban J connectivity index is 2.38. The van der Waals surface area contributed by atoms with Crippen molar-refractivity contribution in [2.24, 2.45) is 5.73 Å². The predicted octanol–water partition coefficient (Wildman–Crippen LogP) is -1.02. The summed E-state index contributed by atoms with van der Waals surface area (Å²) in [6.45, 7) is 0.0283. The number of aliphatic hydroxyl groups is 1. The van der Waals surface area contributed by atoms with Crippen LogP contribution in [-0.2, 0) is 4.79 Å². The first-order valence-corrected chi connectivity index (χ1v) is 3.84. The van der Waals surface area contributed by atoms with Crippen molar-refractivity contribution in [1.29, 1.82) is 0 Å². The lowest BCUT2D eigenvalue weighted by atomic mass is 9.77. The molecule has 0 unspecified atom stereocenters. The Morgan fingerprint density at radius 1 is 1.64 bits per heavy atom. The van der Waals surface area contributed by atoms with Gasteiger partial charge in [0.2, 0.25) is 5.91 Å². The van der Waals surface area contributed by atoms with E-state index < -0.39 is 0 Å². The average molecular weight is 158 g/mol. The largest absolute Gasteiger partial charge is 0.394 e. The summed E-state index contributed by atoms with van der Waals surface area (Å²) in [5, 5.41) is 11.6. The molecule has 0 aliphatic heterocycles. The molecular formula is C7H14N2O2. The Bertz CT molecular complexity index is 149. The summed E-state index contributed by atoms with van der Waals surface area (Å²) in [6, 6.07) is 0. The van der Waals surface area contributed by atoms with Crippen molar-refractivity contribution >= 4 is 5.91 Å². The molecule has 4 nitrogen and oxygen atoms in total. The third-order valence-electron chi connectivity index (χ3n) is 2.20. The minimum atomic E-state index is -0.337. The van der Waals surface area contributed by atoms with Gasteiger partial charge in [0, 0.05) is 0 Å². The van der Waals surface area contributed by atoms with Crippen molar-refractivity contribution in [1.82, 2.24) is 5.32 Å². The van der Waals surface area contributed by atoms with Gasteiger partial charge < -0.3 is 16.2 Å². The Hall–Kier alpha value is -0.610. The number of rotatable bonds is 3. The van der Waals surface area contributed by atoms with Gasteiger partial charge >= 0.3 is 0 Å². The van der Waals surface area contributed by atoms with Gasteiger partial charge in [-0.2, -0.15) is 0 Å². The third-order valence-corrected chi connectivity index (χ3v) is 2.20. The van der Waals surface area contributed by atoms with Gasteiger partial charge in [-0.05, 0) is 19.3 Å². The minimum Gasteiger partial charge on any atom is -0.394 e. The maximum atomic E-state index is 10.8. The van der Waals surface area contributed by atoms with E-state index in [4.69, 9.17) is 10.8 Å². The Morgan fingerprint density at radius 2 is 2.27 bits per heavy atom. The first-order chi connectivity index (χ1) is 5.22. The zero-order valence-electron chi connectivity index (χ0n) is 6.47. The van der Waals surface area contributed by atoms with E-state index in [1.165, 1.54) is 0 Å². The fourth-order valence-electron chi connectivity index (χ4n) is 1.27. The van der Waals surface area contributed by atoms with Crippen molar-refractivity contribution in [3.05, 3.63) is 0 Å². The summed E-state index contributed by atoms with van der Waals surface area (Å²) in [7, 11) is 0. The zero-order chi connectivity index (χ0) is 8.32. The van der Waals surface area contributed by atoms with Crippen LogP contribution in [0.25, 0.3) is 0 Å². The molecule has 0 aromatic rings. The Labute approximate surface area is 65.8 Å². The smallest absolute Gasteiger partial charge is 0.234 e. The van der Waals surface area contributed by atoms with Crippen LogP contribution in [0.5, 0.6) is 0 Å². The number of amides is 1. The van der Waals surface area contributed by atoms with E-state index in [1.807, 2.05) is 0 Å². The van der Waals surface area contributed by atoms with Crippen LogP contribution >= 0.6 is 0 Å². The molecule has 1 aliphatic carbocycles. The predicted molar refractivity (Wildman–Crippen MR) is 40.9 cm³/mol. The summed E-state index contributed by atoms with van der Waals surface area (Å²) >= 11 is 0. The topological polar surface area (TPSA) is 75.4 Å². The quantitative estimate of drug-likeness (QED) is 0.492. The number of hydrogen-bond donors (Lipinski definition) is 3. The van der Waals surface area contributed by atoms with E-state index in [0.717, 1.165) is 19.3 Å². The number of aliphatic hydroxyl groups excluding tert-OH is 1. The summed E-state index contributed by atoms with van der Waals surface area (Å²) in [5.41, 5.74) is 4.78. The summed E-state index contributed by atoms with van der Waals surface area (Å²) in [5.74, 6) is -0.182. The lowest BCUT2D eigenvalue weighted by Crippen LogP contribution is -2.57. The average Bonchev–Trinajstić information content (AvgIpc) is 1.96. The molecule has 1 fully saturated rings. The summed E-state index contributed by atoms with van der Waals surface area (Å²) in [4.78, 5) is 10.8. The van der Waals surface area contributed by atoms with Gasteiger partial charge in [0.05, 0.1) is 18.7 Å². The fraction of sp³-hybridized carbons (Fsp3) is 0.857. The van der Waals surface area contributed by atoms with E-state index >= 15 is 0 Å². The molecule has 4 N–H and O–H groups in total. The second-order valence-corrected chi connectivity index (χ2v) is 3.04. The van der Waals surface area contributed by atoms with Gasteiger partial charge in [0.1, 0.15) is 0 Å². The van der Waals surface area contributed by atoms with Crippen LogP contribution < -0.4 is 11.1 Å². The van der Waals surface area contributed by atoms with Crippen molar-refractivity contribution < 1.29 is 9.90 Å². The highest BCUT2D eigenvalue weighted by molar-refractivity contribution is 5.78. The van der Waals surface area contributed by atoms with Gasteiger partial charge in [-0.1, -0.05) is 0 Å². The van der Waals surface area contributed by atoms with Gasteiger partial charge in [-0.15, -0.1) is 0 Å². The molecule has 0 radical (unpaired) electrons. The normalized spacial score (nSPS) is 20.5. The highest BCUT2D eigenvalue weighted by Gasteiger charge is 2.37. The maximum Gasteiger partial charge on any atom is 0.234 e. The number of hydrogen-bond acceptors (Lipinski definition) is 3. The molecule has 1 amide bonds. The van der Waals surface area contributed by atoms with Crippen LogP contribution in [0.3, 0.4) is 0 Å². The standard InChI is InChI=1S/C7H14N2O2/c8-4-6(11)9-7(5-10)2-1-3-7/h10H,1-5,8H2,(H,9,11). The van der Waals surface area contributed by atoms with Crippen molar-refractivity contribution in [3.63, 3.8) is 0 Å². The Kier molecular flexibility index (Phi) is 2.46. The van der Waals surface area contributed by atoms with Gasteiger partial charge in [-0.3, -0.25) is 4.79 Å². The molecular weight excluding hydrogens is 144 g/mol. The molecule has 0 atom stereocenters. The van der Waals surface area contributed by atoms with E-state index in [-0.39, 0.29) is 24.6 Å². The monoisotopic (exact) mass is 158 g/mol. The minimum absolute atomic E-state index is 0.00174. The van der Waals surface area contributed by atoms with Crippen LogP contribution in [0, 0.1) is 0 Å². The molecule has 0 heterocycles. The second-order valence-electron chi connectivity index (χ2n) is 3.04. The van der Waals surface area contributed by atoms with E-state index in [1.54, 1.807) is 0 Å².